The van der Waals surface area contributed by atoms with Crippen LogP contribution in [-0.4, -0.2) is 48.9 Å². The van der Waals surface area contributed by atoms with Crippen LogP contribution in [0.15, 0.2) is 24.3 Å². The van der Waals surface area contributed by atoms with Crippen molar-refractivity contribution in [1.29, 1.82) is 0 Å². The number of nitrogens with one attached hydrogen (secondary N) is 4. The number of methoxy groups -OCH3 is 1. The van der Waals surface area contributed by atoms with Crippen LogP contribution in [0, 0.1) is 0 Å². The van der Waals surface area contributed by atoms with Crippen LogP contribution in [-0.2, 0) is 4.79 Å². The Morgan fingerprint density at radius 1 is 1.23 bits per heavy atom. The molecule has 0 aromatic heterocycles. The van der Waals surface area contributed by atoms with Crippen molar-refractivity contribution >= 4 is 18.0 Å². The zero-order valence-electron chi connectivity index (χ0n) is 14.7. The molecule has 0 saturated carbocycles. The van der Waals surface area contributed by atoms with E-state index in [1.165, 1.54) is 4.90 Å². The molecule has 2 saturated heterocycles. The number of ether oxygens (including phenoxy) is 1. The first-order valence-corrected chi connectivity index (χ1v) is 8.59. The maximum absolute atomic E-state index is 12.3. The molecule has 3 atom stereocenters. The molecule has 1 aromatic rings. The van der Waals surface area contributed by atoms with Gasteiger partial charge in [-0.05, 0) is 24.1 Å². The van der Waals surface area contributed by atoms with Crippen molar-refractivity contribution in [2.24, 2.45) is 0 Å². The molecule has 2 fully saturated rings. The van der Waals surface area contributed by atoms with Gasteiger partial charge in [0.2, 0.25) is 5.91 Å². The van der Waals surface area contributed by atoms with Gasteiger partial charge in [0.15, 0.2) is 0 Å². The normalized spacial score (nSPS) is 22.2. The van der Waals surface area contributed by atoms with Crippen LogP contribution in [0.2, 0.25) is 0 Å². The standard InChI is InChI=1S/C17H23N5O4/c1-3-12(10-4-6-11(26-2)7-5-10)18-13(23)8-9-22-15-14(20-17(22)25)19-16(24)21-15/h4-7,12,14-15H,3,8-9H2,1-2H3,(H,18,23)(H,20,25)(H2,19,21,24)/t12-,14+,15-/m0/s1. The highest BCUT2D eigenvalue weighted by molar-refractivity contribution is 5.85. The van der Waals surface area contributed by atoms with Crippen molar-refractivity contribution in [3.8, 4) is 5.75 Å². The Kier molecular flexibility index (Phi) is 5.15. The van der Waals surface area contributed by atoms with E-state index >= 15 is 0 Å². The van der Waals surface area contributed by atoms with E-state index in [-0.39, 0.29) is 37.0 Å². The van der Waals surface area contributed by atoms with E-state index in [2.05, 4.69) is 21.3 Å². The van der Waals surface area contributed by atoms with Gasteiger partial charge in [-0.2, -0.15) is 0 Å². The van der Waals surface area contributed by atoms with Crippen LogP contribution in [0.5, 0.6) is 5.75 Å². The van der Waals surface area contributed by atoms with Gasteiger partial charge in [-0.25, -0.2) is 9.59 Å². The summed E-state index contributed by atoms with van der Waals surface area (Å²) in [5, 5.41) is 10.9. The lowest BCUT2D eigenvalue weighted by molar-refractivity contribution is -0.122. The highest BCUT2D eigenvalue weighted by Gasteiger charge is 2.45. The minimum Gasteiger partial charge on any atom is -0.497 e. The zero-order chi connectivity index (χ0) is 18.7. The predicted molar refractivity (Wildman–Crippen MR) is 93.3 cm³/mol. The molecule has 9 heteroatoms. The number of urea groups is 2. The highest BCUT2D eigenvalue weighted by atomic mass is 16.5. The smallest absolute Gasteiger partial charge is 0.320 e. The number of amides is 5. The summed E-state index contributed by atoms with van der Waals surface area (Å²) in [6.07, 6.45) is -0.0290. The third kappa shape index (κ3) is 3.66. The average Bonchev–Trinajstić information content (AvgIpc) is 3.12. The monoisotopic (exact) mass is 361 g/mol. The van der Waals surface area contributed by atoms with Gasteiger partial charge in [-0.15, -0.1) is 0 Å². The summed E-state index contributed by atoms with van der Waals surface area (Å²) in [5.41, 5.74) is 0.993. The Bertz CT molecular complexity index is 693. The lowest BCUT2D eigenvalue weighted by Crippen LogP contribution is -2.45. The molecule has 2 aliphatic rings. The molecule has 5 amide bonds. The summed E-state index contributed by atoms with van der Waals surface area (Å²) in [7, 11) is 1.61. The molecule has 3 rings (SSSR count). The second kappa shape index (κ2) is 7.51. The fourth-order valence-corrected chi connectivity index (χ4v) is 3.18. The van der Waals surface area contributed by atoms with Crippen LogP contribution in [0.25, 0.3) is 0 Å². The van der Waals surface area contributed by atoms with Crippen LogP contribution in [0.3, 0.4) is 0 Å². The minimum atomic E-state index is -0.466. The van der Waals surface area contributed by atoms with E-state index in [1.54, 1.807) is 7.11 Å². The molecule has 140 valence electrons. The second-order valence-corrected chi connectivity index (χ2v) is 6.23. The Labute approximate surface area is 151 Å². The Morgan fingerprint density at radius 2 is 1.96 bits per heavy atom. The number of hydrogen-bond acceptors (Lipinski definition) is 4. The van der Waals surface area contributed by atoms with Gasteiger partial charge in [-0.1, -0.05) is 19.1 Å². The number of benzene rings is 1. The largest absolute Gasteiger partial charge is 0.497 e. The van der Waals surface area contributed by atoms with Gasteiger partial charge in [0.25, 0.3) is 0 Å². The van der Waals surface area contributed by atoms with Crippen molar-refractivity contribution in [2.75, 3.05) is 13.7 Å². The number of carbonyl (C=O) groups is 3. The Balaban J connectivity index is 1.54. The summed E-state index contributed by atoms with van der Waals surface area (Å²) >= 11 is 0. The topological polar surface area (TPSA) is 112 Å². The van der Waals surface area contributed by atoms with Gasteiger partial charge in [0, 0.05) is 13.0 Å². The van der Waals surface area contributed by atoms with E-state index in [9.17, 15) is 14.4 Å². The van der Waals surface area contributed by atoms with Gasteiger partial charge < -0.3 is 26.0 Å². The molecule has 0 bridgehead atoms. The first kappa shape index (κ1) is 17.8. The van der Waals surface area contributed by atoms with Crippen LogP contribution < -0.4 is 26.0 Å². The number of hydrogen-bond donors (Lipinski definition) is 4. The summed E-state index contributed by atoms with van der Waals surface area (Å²) in [5.74, 6) is 0.609. The lowest BCUT2D eigenvalue weighted by Gasteiger charge is -2.22. The first-order chi connectivity index (χ1) is 12.5. The van der Waals surface area contributed by atoms with Crippen molar-refractivity contribution in [3.05, 3.63) is 29.8 Å². The molecule has 26 heavy (non-hydrogen) atoms. The van der Waals surface area contributed by atoms with E-state index < -0.39 is 12.3 Å². The molecule has 2 heterocycles. The van der Waals surface area contributed by atoms with Gasteiger partial charge >= 0.3 is 12.1 Å². The fourth-order valence-electron chi connectivity index (χ4n) is 3.18. The van der Waals surface area contributed by atoms with E-state index in [1.807, 2.05) is 31.2 Å². The van der Waals surface area contributed by atoms with Crippen LogP contribution >= 0.6 is 0 Å². The maximum atomic E-state index is 12.3. The first-order valence-electron chi connectivity index (χ1n) is 8.59. The lowest BCUT2D eigenvalue weighted by atomic mass is 10.0. The van der Waals surface area contributed by atoms with Crippen LogP contribution in [0.4, 0.5) is 9.59 Å². The third-order valence-electron chi connectivity index (χ3n) is 4.60. The van der Waals surface area contributed by atoms with Crippen molar-refractivity contribution in [3.63, 3.8) is 0 Å². The van der Waals surface area contributed by atoms with E-state index in [4.69, 9.17) is 4.74 Å². The molecule has 9 nitrogen and oxygen atoms in total. The minimum absolute atomic E-state index is 0.110. The molecule has 2 aliphatic heterocycles. The molecular formula is C17H23N5O4. The van der Waals surface area contributed by atoms with Crippen LogP contribution in [0.1, 0.15) is 31.4 Å². The molecule has 0 spiro atoms. The second-order valence-electron chi connectivity index (χ2n) is 6.23. The summed E-state index contributed by atoms with van der Waals surface area (Å²) in [6, 6.07) is 6.81. The van der Waals surface area contributed by atoms with E-state index in [0.29, 0.717) is 0 Å². The van der Waals surface area contributed by atoms with E-state index in [0.717, 1.165) is 17.7 Å². The molecule has 4 N–H and O–H groups in total. The highest BCUT2D eigenvalue weighted by Crippen LogP contribution is 2.20. The summed E-state index contributed by atoms with van der Waals surface area (Å²) in [4.78, 5) is 37.1. The SMILES string of the molecule is CC[C@H](NC(=O)CCN1C(=O)N[C@H]2NC(=O)N[C@H]21)c1ccc(OC)cc1. The fraction of sp³-hybridized carbons (Fsp3) is 0.471. The molecule has 0 aliphatic carbocycles. The van der Waals surface area contributed by atoms with Gasteiger partial charge in [-0.3, -0.25) is 9.69 Å². The average molecular weight is 361 g/mol. The van der Waals surface area contributed by atoms with Crippen molar-refractivity contribution < 1.29 is 19.1 Å². The summed E-state index contributed by atoms with van der Waals surface area (Å²) < 4.78 is 5.15. The molecule has 1 aromatic carbocycles. The van der Waals surface area contributed by atoms with Crippen molar-refractivity contribution in [2.45, 2.75) is 38.1 Å². The maximum Gasteiger partial charge on any atom is 0.320 e. The molecule has 0 unspecified atom stereocenters. The number of rotatable bonds is 7. The number of carbonyl (C=O) groups excluding carboxylic acids is 3. The molecular weight excluding hydrogens is 338 g/mol. The molecule has 0 radical (unpaired) electrons. The van der Waals surface area contributed by atoms with Crippen molar-refractivity contribution in [1.82, 2.24) is 26.2 Å². The predicted octanol–water partition coefficient (Wildman–Crippen LogP) is 0.643. The summed E-state index contributed by atoms with van der Waals surface area (Å²) in [6.45, 7) is 2.22. The zero-order valence-corrected chi connectivity index (χ0v) is 14.7. The van der Waals surface area contributed by atoms with Gasteiger partial charge in [0.1, 0.15) is 18.1 Å². The number of fused-ring (bicyclic) bond motifs is 1. The van der Waals surface area contributed by atoms with Gasteiger partial charge in [0.05, 0.1) is 13.2 Å². The quantitative estimate of drug-likeness (QED) is 0.571. The number of nitrogens with zero attached hydrogens (tertiary/aromatic N) is 1. The Hall–Kier alpha value is -2.97. The Morgan fingerprint density at radius 3 is 2.62 bits per heavy atom. The third-order valence-corrected chi connectivity index (χ3v) is 4.60.